The Balaban J connectivity index is 2.42. The van der Waals surface area contributed by atoms with Crippen molar-refractivity contribution in [2.45, 2.75) is 19.9 Å². The molecule has 0 saturated heterocycles. The van der Waals surface area contributed by atoms with Gasteiger partial charge >= 0.3 is 6.03 Å². The molecule has 0 fully saturated rings. The number of benzene rings is 1. The minimum atomic E-state index is -0.557. The predicted octanol–water partition coefficient (Wildman–Crippen LogP) is 1.33. The van der Waals surface area contributed by atoms with Crippen molar-refractivity contribution in [2.24, 2.45) is 0 Å². The zero-order valence-corrected chi connectivity index (χ0v) is 9.99. The Labute approximate surface area is 101 Å². The normalized spacial score (nSPS) is 11.4. The van der Waals surface area contributed by atoms with Crippen LogP contribution in [0.25, 0.3) is 0 Å². The van der Waals surface area contributed by atoms with Crippen LogP contribution in [0.3, 0.4) is 0 Å². The van der Waals surface area contributed by atoms with Gasteiger partial charge in [-0.15, -0.1) is 0 Å². The Morgan fingerprint density at radius 1 is 1.24 bits per heavy atom. The summed E-state index contributed by atoms with van der Waals surface area (Å²) in [6, 6.07) is 8.10. The summed E-state index contributed by atoms with van der Waals surface area (Å²) in [5.74, 6) is -0.198. The average molecular weight is 235 g/mol. The molecule has 0 aliphatic rings. The highest BCUT2D eigenvalue weighted by atomic mass is 16.2. The standard InChI is InChI=1S/C12H17N3O2/c1-3-13-11(16)9(2)14-12(17)15-10-7-5-4-6-8-10/h4-9H,3H2,1-2H3,(H,13,16)(H2,14,15,17)/t9-/m1/s1. The third-order valence-corrected chi connectivity index (χ3v) is 2.12. The highest BCUT2D eigenvalue weighted by Crippen LogP contribution is 2.04. The van der Waals surface area contributed by atoms with Gasteiger partial charge in [-0.1, -0.05) is 18.2 Å². The van der Waals surface area contributed by atoms with Crippen LogP contribution in [0.4, 0.5) is 10.5 Å². The number of hydrogen-bond donors (Lipinski definition) is 3. The molecule has 0 spiro atoms. The topological polar surface area (TPSA) is 70.2 Å². The fraction of sp³-hybridized carbons (Fsp3) is 0.333. The van der Waals surface area contributed by atoms with Gasteiger partial charge in [0, 0.05) is 12.2 Å². The average Bonchev–Trinajstić information content (AvgIpc) is 2.30. The van der Waals surface area contributed by atoms with E-state index in [1.54, 1.807) is 19.1 Å². The van der Waals surface area contributed by atoms with Gasteiger partial charge in [-0.2, -0.15) is 0 Å². The van der Waals surface area contributed by atoms with E-state index >= 15 is 0 Å². The molecule has 0 aliphatic heterocycles. The second kappa shape index (κ2) is 6.52. The summed E-state index contributed by atoms with van der Waals surface area (Å²) in [5, 5.41) is 7.82. The van der Waals surface area contributed by atoms with Crippen LogP contribution in [0.1, 0.15) is 13.8 Å². The van der Waals surface area contributed by atoms with Crippen LogP contribution < -0.4 is 16.0 Å². The number of carbonyl (C=O) groups excluding carboxylic acids is 2. The quantitative estimate of drug-likeness (QED) is 0.737. The molecule has 0 bridgehead atoms. The van der Waals surface area contributed by atoms with E-state index in [4.69, 9.17) is 0 Å². The SMILES string of the molecule is CCNC(=O)[C@@H](C)NC(=O)Nc1ccccc1. The molecule has 1 rings (SSSR count). The van der Waals surface area contributed by atoms with Gasteiger partial charge in [0.2, 0.25) is 5.91 Å². The highest BCUT2D eigenvalue weighted by molar-refractivity contribution is 5.93. The molecule has 1 aromatic carbocycles. The zero-order valence-electron chi connectivity index (χ0n) is 9.99. The number of anilines is 1. The summed E-state index contributed by atoms with van der Waals surface area (Å²) in [6.07, 6.45) is 0. The molecule has 1 aromatic rings. The van der Waals surface area contributed by atoms with Crippen LogP contribution in [-0.2, 0) is 4.79 Å². The van der Waals surface area contributed by atoms with Gasteiger partial charge in [-0.25, -0.2) is 4.79 Å². The van der Waals surface area contributed by atoms with Crippen LogP contribution >= 0.6 is 0 Å². The molecule has 3 amide bonds. The molecule has 0 saturated carbocycles. The first kappa shape index (κ1) is 13.0. The monoisotopic (exact) mass is 235 g/mol. The summed E-state index contributed by atoms with van der Waals surface area (Å²) in [4.78, 5) is 22.9. The Hall–Kier alpha value is -2.04. The molecule has 0 heterocycles. The van der Waals surface area contributed by atoms with Crippen molar-refractivity contribution in [1.82, 2.24) is 10.6 Å². The molecule has 5 nitrogen and oxygen atoms in total. The molecule has 3 N–H and O–H groups in total. The maximum Gasteiger partial charge on any atom is 0.319 e. The van der Waals surface area contributed by atoms with Gasteiger partial charge in [0.05, 0.1) is 0 Å². The summed E-state index contributed by atoms with van der Waals surface area (Å²) < 4.78 is 0. The van der Waals surface area contributed by atoms with E-state index in [2.05, 4.69) is 16.0 Å². The van der Waals surface area contributed by atoms with Crippen molar-refractivity contribution >= 4 is 17.6 Å². The molecular formula is C12H17N3O2. The number of hydrogen-bond acceptors (Lipinski definition) is 2. The number of rotatable bonds is 4. The lowest BCUT2D eigenvalue weighted by Gasteiger charge is -2.13. The first-order chi connectivity index (χ1) is 8.13. The summed E-state index contributed by atoms with van der Waals surface area (Å²) in [5.41, 5.74) is 0.688. The van der Waals surface area contributed by atoms with Gasteiger partial charge in [0.25, 0.3) is 0 Å². The van der Waals surface area contributed by atoms with Crippen molar-refractivity contribution in [1.29, 1.82) is 0 Å². The third-order valence-electron chi connectivity index (χ3n) is 2.12. The first-order valence-corrected chi connectivity index (χ1v) is 5.53. The van der Waals surface area contributed by atoms with E-state index in [0.717, 1.165) is 0 Å². The molecule has 0 radical (unpaired) electrons. The van der Waals surface area contributed by atoms with E-state index in [9.17, 15) is 9.59 Å². The third kappa shape index (κ3) is 4.55. The lowest BCUT2D eigenvalue weighted by molar-refractivity contribution is -0.122. The number of carbonyl (C=O) groups is 2. The molecule has 0 aromatic heterocycles. The van der Waals surface area contributed by atoms with Gasteiger partial charge in [-0.05, 0) is 26.0 Å². The Morgan fingerprint density at radius 3 is 2.47 bits per heavy atom. The number of urea groups is 1. The second-order valence-corrected chi connectivity index (χ2v) is 3.58. The first-order valence-electron chi connectivity index (χ1n) is 5.53. The number of likely N-dealkylation sites (N-methyl/N-ethyl adjacent to an activating group) is 1. The highest BCUT2D eigenvalue weighted by Gasteiger charge is 2.14. The van der Waals surface area contributed by atoms with Crippen molar-refractivity contribution in [3.05, 3.63) is 30.3 Å². The van der Waals surface area contributed by atoms with E-state index in [1.807, 2.05) is 25.1 Å². The molecule has 0 aliphatic carbocycles. The van der Waals surface area contributed by atoms with Crippen molar-refractivity contribution in [3.63, 3.8) is 0 Å². The number of para-hydroxylation sites is 1. The van der Waals surface area contributed by atoms with Crippen LogP contribution in [0.15, 0.2) is 30.3 Å². The van der Waals surface area contributed by atoms with Crippen molar-refractivity contribution in [3.8, 4) is 0 Å². The summed E-state index contributed by atoms with van der Waals surface area (Å²) in [6.45, 7) is 4.01. The molecule has 17 heavy (non-hydrogen) atoms. The molecule has 92 valence electrons. The smallest absolute Gasteiger partial charge is 0.319 e. The van der Waals surface area contributed by atoms with E-state index in [-0.39, 0.29) is 5.91 Å². The molecule has 0 unspecified atom stereocenters. The van der Waals surface area contributed by atoms with Crippen LogP contribution in [0, 0.1) is 0 Å². The van der Waals surface area contributed by atoms with Gasteiger partial charge < -0.3 is 16.0 Å². The Kier molecular flexibility index (Phi) is 5.00. The Morgan fingerprint density at radius 2 is 1.88 bits per heavy atom. The van der Waals surface area contributed by atoms with E-state index < -0.39 is 12.1 Å². The van der Waals surface area contributed by atoms with Crippen LogP contribution in [0.5, 0.6) is 0 Å². The van der Waals surface area contributed by atoms with E-state index in [0.29, 0.717) is 12.2 Å². The van der Waals surface area contributed by atoms with Crippen molar-refractivity contribution < 1.29 is 9.59 Å². The fourth-order valence-electron chi connectivity index (χ4n) is 1.28. The predicted molar refractivity (Wildman–Crippen MR) is 66.7 cm³/mol. The Bertz CT molecular complexity index is 379. The lowest BCUT2D eigenvalue weighted by atomic mass is 10.3. The van der Waals surface area contributed by atoms with Crippen LogP contribution in [-0.4, -0.2) is 24.5 Å². The van der Waals surface area contributed by atoms with Gasteiger partial charge in [-0.3, -0.25) is 4.79 Å². The van der Waals surface area contributed by atoms with Crippen molar-refractivity contribution in [2.75, 3.05) is 11.9 Å². The maximum absolute atomic E-state index is 11.5. The number of amides is 3. The van der Waals surface area contributed by atoms with Gasteiger partial charge in [0.1, 0.15) is 6.04 Å². The largest absolute Gasteiger partial charge is 0.355 e. The van der Waals surface area contributed by atoms with Gasteiger partial charge in [0.15, 0.2) is 0 Å². The minimum Gasteiger partial charge on any atom is -0.355 e. The second-order valence-electron chi connectivity index (χ2n) is 3.58. The minimum absolute atomic E-state index is 0.198. The maximum atomic E-state index is 11.5. The lowest BCUT2D eigenvalue weighted by Crippen LogP contribution is -2.46. The van der Waals surface area contributed by atoms with Crippen LogP contribution in [0.2, 0.25) is 0 Å². The molecule has 1 atom stereocenters. The molecule has 5 heteroatoms. The summed E-state index contributed by atoms with van der Waals surface area (Å²) in [7, 11) is 0. The number of nitrogens with one attached hydrogen (secondary N) is 3. The zero-order chi connectivity index (χ0) is 12.7. The fourth-order valence-corrected chi connectivity index (χ4v) is 1.28. The summed E-state index contributed by atoms with van der Waals surface area (Å²) >= 11 is 0. The van der Waals surface area contributed by atoms with E-state index in [1.165, 1.54) is 0 Å². The molecular weight excluding hydrogens is 218 g/mol.